The lowest BCUT2D eigenvalue weighted by molar-refractivity contribution is -0.115. The summed E-state index contributed by atoms with van der Waals surface area (Å²) in [7, 11) is 0. The molecule has 18 heavy (non-hydrogen) atoms. The highest BCUT2D eigenvalue weighted by Crippen LogP contribution is 2.18. The molecular formula is C14H15N3O. The van der Waals surface area contributed by atoms with Crippen molar-refractivity contribution in [2.75, 3.05) is 11.9 Å². The molecule has 4 nitrogen and oxygen atoms in total. The molecule has 1 N–H and O–H groups in total. The van der Waals surface area contributed by atoms with Crippen LogP contribution in [0.25, 0.3) is 11.1 Å². The van der Waals surface area contributed by atoms with Crippen LogP contribution < -0.4 is 5.32 Å². The highest BCUT2D eigenvalue weighted by atomic mass is 16.1. The van der Waals surface area contributed by atoms with E-state index in [-0.39, 0.29) is 12.3 Å². The zero-order valence-corrected chi connectivity index (χ0v) is 10.5. The first kappa shape index (κ1) is 12.2. The van der Waals surface area contributed by atoms with Crippen LogP contribution in [0.1, 0.15) is 12.5 Å². The number of rotatable bonds is 4. The van der Waals surface area contributed by atoms with Crippen LogP contribution in [-0.2, 0) is 4.79 Å². The maximum Gasteiger partial charge on any atom is 0.222 e. The van der Waals surface area contributed by atoms with Crippen molar-refractivity contribution < 1.29 is 4.79 Å². The molecule has 0 fully saturated rings. The molecule has 0 bridgehead atoms. The Morgan fingerprint density at radius 1 is 1.11 bits per heavy atom. The van der Waals surface area contributed by atoms with Gasteiger partial charge in [0.25, 0.3) is 0 Å². The summed E-state index contributed by atoms with van der Waals surface area (Å²) in [6.45, 7) is 3.83. The fraction of sp³-hybridized carbons (Fsp3) is 0.214. The van der Waals surface area contributed by atoms with Crippen molar-refractivity contribution in [3.8, 4) is 11.1 Å². The van der Waals surface area contributed by atoms with Crippen molar-refractivity contribution in [2.45, 2.75) is 13.8 Å². The SMILES string of the molecule is CC(=O)CNc1ncc(-c2ccc(C)cc2)cn1. The molecule has 0 spiro atoms. The number of anilines is 1. The van der Waals surface area contributed by atoms with Gasteiger partial charge in [-0.2, -0.15) is 0 Å². The molecule has 0 amide bonds. The Kier molecular flexibility index (Phi) is 3.67. The molecule has 0 unspecified atom stereocenters. The van der Waals surface area contributed by atoms with Crippen LogP contribution in [0.2, 0.25) is 0 Å². The summed E-state index contributed by atoms with van der Waals surface area (Å²) in [6, 6.07) is 8.18. The highest BCUT2D eigenvalue weighted by molar-refractivity contribution is 5.79. The fourth-order valence-electron chi connectivity index (χ4n) is 1.52. The van der Waals surface area contributed by atoms with Gasteiger partial charge in [0.2, 0.25) is 5.95 Å². The van der Waals surface area contributed by atoms with Crippen LogP contribution in [0.4, 0.5) is 5.95 Å². The number of ketones is 1. The van der Waals surface area contributed by atoms with Crippen LogP contribution in [-0.4, -0.2) is 22.3 Å². The van der Waals surface area contributed by atoms with E-state index >= 15 is 0 Å². The average molecular weight is 241 g/mol. The molecule has 1 aromatic carbocycles. The number of benzene rings is 1. The van der Waals surface area contributed by atoms with Gasteiger partial charge in [-0.3, -0.25) is 4.79 Å². The minimum atomic E-state index is 0.0567. The Morgan fingerprint density at radius 2 is 1.72 bits per heavy atom. The topological polar surface area (TPSA) is 54.9 Å². The Bertz CT molecular complexity index is 532. The van der Waals surface area contributed by atoms with Gasteiger partial charge in [0, 0.05) is 18.0 Å². The van der Waals surface area contributed by atoms with Gasteiger partial charge in [-0.05, 0) is 19.4 Å². The molecule has 0 saturated carbocycles. The third-order valence-corrected chi connectivity index (χ3v) is 2.53. The summed E-state index contributed by atoms with van der Waals surface area (Å²) in [5.74, 6) is 0.530. The maximum absolute atomic E-state index is 10.8. The van der Waals surface area contributed by atoms with Gasteiger partial charge >= 0.3 is 0 Å². The summed E-state index contributed by atoms with van der Waals surface area (Å²) in [5, 5.41) is 2.86. The molecule has 0 saturated heterocycles. The van der Waals surface area contributed by atoms with E-state index in [1.54, 1.807) is 12.4 Å². The van der Waals surface area contributed by atoms with E-state index in [4.69, 9.17) is 0 Å². The van der Waals surface area contributed by atoms with Crippen LogP contribution in [0, 0.1) is 6.92 Å². The Morgan fingerprint density at radius 3 is 2.28 bits per heavy atom. The zero-order valence-electron chi connectivity index (χ0n) is 10.5. The number of nitrogens with one attached hydrogen (secondary N) is 1. The minimum Gasteiger partial charge on any atom is -0.347 e. The van der Waals surface area contributed by atoms with E-state index in [1.807, 2.05) is 12.1 Å². The van der Waals surface area contributed by atoms with E-state index in [0.717, 1.165) is 11.1 Å². The van der Waals surface area contributed by atoms with Crippen LogP contribution in [0.5, 0.6) is 0 Å². The molecule has 1 heterocycles. The molecule has 0 aliphatic rings. The third kappa shape index (κ3) is 3.13. The predicted octanol–water partition coefficient (Wildman–Crippen LogP) is 2.45. The molecule has 0 radical (unpaired) electrons. The second-order valence-corrected chi connectivity index (χ2v) is 4.22. The zero-order chi connectivity index (χ0) is 13.0. The Balaban J connectivity index is 2.12. The summed E-state index contributed by atoms with van der Waals surface area (Å²) in [5.41, 5.74) is 3.27. The first-order valence-electron chi connectivity index (χ1n) is 5.77. The molecule has 0 aliphatic carbocycles. The molecule has 0 atom stereocenters. The molecule has 92 valence electrons. The second-order valence-electron chi connectivity index (χ2n) is 4.22. The number of hydrogen-bond acceptors (Lipinski definition) is 4. The standard InChI is InChI=1S/C14H15N3O/c1-10-3-5-12(6-4-10)13-8-16-14(17-9-13)15-7-11(2)18/h3-6,8-9H,7H2,1-2H3,(H,15,16,17). The van der Waals surface area contributed by atoms with E-state index in [1.165, 1.54) is 12.5 Å². The Labute approximate surface area is 106 Å². The van der Waals surface area contributed by atoms with Crippen molar-refractivity contribution >= 4 is 11.7 Å². The monoisotopic (exact) mass is 241 g/mol. The smallest absolute Gasteiger partial charge is 0.222 e. The van der Waals surface area contributed by atoms with Crippen molar-refractivity contribution in [1.29, 1.82) is 0 Å². The van der Waals surface area contributed by atoms with E-state index in [9.17, 15) is 4.79 Å². The number of Topliss-reactive ketones (excluding diaryl/α,β-unsaturated/α-hetero) is 1. The predicted molar refractivity (Wildman–Crippen MR) is 71.4 cm³/mol. The lowest BCUT2D eigenvalue weighted by Gasteiger charge is -2.04. The number of carbonyl (C=O) groups excluding carboxylic acids is 1. The van der Waals surface area contributed by atoms with E-state index < -0.39 is 0 Å². The minimum absolute atomic E-state index is 0.0567. The summed E-state index contributed by atoms with van der Waals surface area (Å²) >= 11 is 0. The summed E-state index contributed by atoms with van der Waals surface area (Å²) in [6.07, 6.45) is 3.50. The van der Waals surface area contributed by atoms with E-state index in [0.29, 0.717) is 5.95 Å². The first-order valence-corrected chi connectivity index (χ1v) is 5.77. The summed E-state index contributed by atoms with van der Waals surface area (Å²) in [4.78, 5) is 19.2. The summed E-state index contributed by atoms with van der Waals surface area (Å²) < 4.78 is 0. The maximum atomic E-state index is 10.8. The number of carbonyl (C=O) groups is 1. The number of aromatic nitrogens is 2. The normalized spacial score (nSPS) is 10.1. The molecule has 0 aliphatic heterocycles. The molecule has 4 heteroatoms. The van der Waals surface area contributed by atoms with Gasteiger partial charge in [-0.25, -0.2) is 9.97 Å². The lowest BCUT2D eigenvalue weighted by Crippen LogP contribution is -2.11. The van der Waals surface area contributed by atoms with Crippen molar-refractivity contribution in [2.24, 2.45) is 0 Å². The van der Waals surface area contributed by atoms with Crippen molar-refractivity contribution in [3.63, 3.8) is 0 Å². The fourth-order valence-corrected chi connectivity index (χ4v) is 1.52. The van der Waals surface area contributed by atoms with Gasteiger partial charge in [-0.15, -0.1) is 0 Å². The van der Waals surface area contributed by atoms with Gasteiger partial charge in [0.05, 0.1) is 6.54 Å². The second kappa shape index (κ2) is 5.40. The quantitative estimate of drug-likeness (QED) is 0.893. The largest absolute Gasteiger partial charge is 0.347 e. The number of nitrogens with zero attached hydrogens (tertiary/aromatic N) is 2. The Hall–Kier alpha value is -2.23. The lowest BCUT2D eigenvalue weighted by atomic mass is 10.1. The van der Waals surface area contributed by atoms with Crippen LogP contribution >= 0.6 is 0 Å². The first-order chi connectivity index (χ1) is 8.65. The van der Waals surface area contributed by atoms with Gasteiger partial charge in [-0.1, -0.05) is 29.8 Å². The van der Waals surface area contributed by atoms with E-state index in [2.05, 4.69) is 34.3 Å². The van der Waals surface area contributed by atoms with Crippen molar-refractivity contribution in [1.82, 2.24) is 9.97 Å². The molecular weight excluding hydrogens is 226 g/mol. The molecule has 2 rings (SSSR count). The number of aryl methyl sites for hydroxylation is 1. The third-order valence-electron chi connectivity index (χ3n) is 2.53. The highest BCUT2D eigenvalue weighted by Gasteiger charge is 2.01. The van der Waals surface area contributed by atoms with Gasteiger partial charge in [0.15, 0.2) is 0 Å². The van der Waals surface area contributed by atoms with Gasteiger partial charge < -0.3 is 5.32 Å². The van der Waals surface area contributed by atoms with Crippen molar-refractivity contribution in [3.05, 3.63) is 42.2 Å². The van der Waals surface area contributed by atoms with Crippen LogP contribution in [0.15, 0.2) is 36.7 Å². The number of hydrogen-bond donors (Lipinski definition) is 1. The van der Waals surface area contributed by atoms with Crippen LogP contribution in [0.3, 0.4) is 0 Å². The molecule has 1 aromatic heterocycles. The average Bonchev–Trinajstić information content (AvgIpc) is 2.38. The van der Waals surface area contributed by atoms with Gasteiger partial charge in [0.1, 0.15) is 5.78 Å². The molecule has 2 aromatic rings.